The van der Waals surface area contributed by atoms with E-state index in [-0.39, 0.29) is 12.4 Å². The molecule has 14 heavy (non-hydrogen) atoms. The van der Waals surface area contributed by atoms with Crippen molar-refractivity contribution in [2.45, 2.75) is 13.3 Å². The fraction of sp³-hybridized carbons (Fsp3) is 0.333. The lowest BCUT2D eigenvalue weighted by atomic mass is 10.2. The lowest BCUT2D eigenvalue weighted by Gasteiger charge is -2.03. The first-order valence-electron chi connectivity index (χ1n) is 4.10. The van der Waals surface area contributed by atoms with Crippen LogP contribution in [0, 0.1) is 5.95 Å². The van der Waals surface area contributed by atoms with Crippen LogP contribution in [0.2, 0.25) is 0 Å². The summed E-state index contributed by atoms with van der Waals surface area (Å²) in [6.07, 6.45) is 0.0989. The van der Waals surface area contributed by atoms with Gasteiger partial charge in [0.2, 0.25) is 5.95 Å². The fourth-order valence-corrected chi connectivity index (χ4v) is 1.38. The predicted octanol–water partition coefficient (Wildman–Crippen LogP) is 2.09. The Labute approximate surface area is 89.4 Å². The van der Waals surface area contributed by atoms with Crippen LogP contribution in [0.5, 0.6) is 0 Å². The second-order valence-corrected chi connectivity index (χ2v) is 3.32. The van der Waals surface area contributed by atoms with Crippen LogP contribution in [0.4, 0.5) is 4.39 Å². The molecule has 5 heteroatoms. The van der Waals surface area contributed by atoms with Crippen LogP contribution in [0.1, 0.15) is 12.5 Å². The number of rotatable bonds is 3. The van der Waals surface area contributed by atoms with Gasteiger partial charge < -0.3 is 4.74 Å². The Hall–Kier alpha value is -0.970. The van der Waals surface area contributed by atoms with Crippen molar-refractivity contribution in [2.24, 2.45) is 0 Å². The lowest BCUT2D eigenvalue weighted by Crippen LogP contribution is -2.08. The number of halogens is 2. The molecule has 0 fully saturated rings. The molecular formula is C9H9BrFNO2. The van der Waals surface area contributed by atoms with E-state index in [0.717, 1.165) is 0 Å². The van der Waals surface area contributed by atoms with Crippen LogP contribution < -0.4 is 0 Å². The molecule has 1 aromatic rings. The molecule has 1 heterocycles. The van der Waals surface area contributed by atoms with Crippen molar-refractivity contribution in [3.8, 4) is 0 Å². The summed E-state index contributed by atoms with van der Waals surface area (Å²) < 4.78 is 17.7. The largest absolute Gasteiger partial charge is 0.466 e. The highest BCUT2D eigenvalue weighted by Crippen LogP contribution is 2.15. The smallest absolute Gasteiger partial charge is 0.310 e. The van der Waals surface area contributed by atoms with Gasteiger partial charge in [0.1, 0.15) is 4.60 Å². The van der Waals surface area contributed by atoms with Crippen LogP contribution in [0.25, 0.3) is 0 Å². The first kappa shape index (κ1) is 11.1. The molecule has 0 spiro atoms. The van der Waals surface area contributed by atoms with Gasteiger partial charge >= 0.3 is 5.97 Å². The molecule has 0 atom stereocenters. The number of hydrogen-bond donors (Lipinski definition) is 0. The van der Waals surface area contributed by atoms with Crippen LogP contribution in [0.3, 0.4) is 0 Å². The van der Waals surface area contributed by atoms with Gasteiger partial charge in [0.15, 0.2) is 0 Å². The minimum Gasteiger partial charge on any atom is -0.466 e. The van der Waals surface area contributed by atoms with E-state index in [4.69, 9.17) is 4.74 Å². The molecule has 3 nitrogen and oxygen atoms in total. The second-order valence-electron chi connectivity index (χ2n) is 2.57. The number of esters is 1. The lowest BCUT2D eigenvalue weighted by molar-refractivity contribution is -0.142. The molecule has 0 aliphatic heterocycles. The number of aromatic nitrogens is 1. The number of nitrogens with zero attached hydrogens (tertiary/aromatic N) is 1. The van der Waals surface area contributed by atoms with Crippen LogP contribution in [-0.2, 0) is 16.0 Å². The predicted molar refractivity (Wildman–Crippen MR) is 52.2 cm³/mol. The Morgan fingerprint density at radius 3 is 2.93 bits per heavy atom. The van der Waals surface area contributed by atoms with Crippen LogP contribution >= 0.6 is 15.9 Å². The minimum absolute atomic E-state index is 0.0989. The Morgan fingerprint density at radius 1 is 1.64 bits per heavy atom. The van der Waals surface area contributed by atoms with Gasteiger partial charge in [-0.1, -0.05) is 6.07 Å². The Balaban J connectivity index is 2.72. The average molecular weight is 262 g/mol. The first-order chi connectivity index (χ1) is 6.63. The molecule has 0 saturated carbocycles. The highest BCUT2D eigenvalue weighted by molar-refractivity contribution is 9.10. The maximum atomic E-state index is 12.6. The average Bonchev–Trinajstić information content (AvgIpc) is 2.10. The zero-order chi connectivity index (χ0) is 10.6. The van der Waals surface area contributed by atoms with Crippen molar-refractivity contribution < 1.29 is 13.9 Å². The Bertz CT molecular complexity index is 344. The van der Waals surface area contributed by atoms with Crippen molar-refractivity contribution in [1.29, 1.82) is 0 Å². The molecule has 0 amide bonds. The molecule has 0 saturated heterocycles. The normalized spacial score (nSPS) is 9.93. The highest BCUT2D eigenvalue weighted by Gasteiger charge is 2.08. The third kappa shape index (κ3) is 3.06. The maximum absolute atomic E-state index is 12.6. The summed E-state index contributed by atoms with van der Waals surface area (Å²) in [6.45, 7) is 2.07. The summed E-state index contributed by atoms with van der Waals surface area (Å²) in [4.78, 5) is 14.6. The van der Waals surface area contributed by atoms with E-state index >= 15 is 0 Å². The molecule has 0 aliphatic rings. The van der Waals surface area contributed by atoms with Gasteiger partial charge in [0.25, 0.3) is 0 Å². The summed E-state index contributed by atoms with van der Waals surface area (Å²) in [5.41, 5.74) is 0.616. The molecule has 1 rings (SSSR count). The molecule has 0 N–H and O–H groups in total. The van der Waals surface area contributed by atoms with E-state index in [2.05, 4.69) is 20.9 Å². The van der Waals surface area contributed by atoms with Crippen molar-refractivity contribution in [3.05, 3.63) is 28.2 Å². The van der Waals surface area contributed by atoms with E-state index < -0.39 is 5.95 Å². The van der Waals surface area contributed by atoms with Crippen molar-refractivity contribution in [3.63, 3.8) is 0 Å². The van der Waals surface area contributed by atoms with Crippen molar-refractivity contribution in [2.75, 3.05) is 6.61 Å². The van der Waals surface area contributed by atoms with Gasteiger partial charge in [0.05, 0.1) is 13.0 Å². The minimum atomic E-state index is -0.579. The topological polar surface area (TPSA) is 39.2 Å². The summed E-state index contributed by atoms with van der Waals surface area (Å²) in [5, 5.41) is 0. The first-order valence-corrected chi connectivity index (χ1v) is 4.89. The third-order valence-corrected chi connectivity index (χ3v) is 2.22. The molecule has 0 bridgehead atoms. The van der Waals surface area contributed by atoms with E-state index in [0.29, 0.717) is 16.8 Å². The summed E-state index contributed by atoms with van der Waals surface area (Å²) in [5.74, 6) is -0.925. The summed E-state index contributed by atoms with van der Waals surface area (Å²) in [6, 6.07) is 2.71. The zero-order valence-corrected chi connectivity index (χ0v) is 9.17. The number of ether oxygens (including phenoxy) is 1. The molecule has 0 aliphatic carbocycles. The quantitative estimate of drug-likeness (QED) is 0.618. The second kappa shape index (κ2) is 5.05. The van der Waals surface area contributed by atoms with Gasteiger partial charge in [-0.15, -0.1) is 0 Å². The molecule has 76 valence electrons. The highest BCUT2D eigenvalue weighted by atomic mass is 79.9. The molecule has 0 unspecified atom stereocenters. The van der Waals surface area contributed by atoms with E-state index in [1.807, 2.05) is 0 Å². The van der Waals surface area contributed by atoms with Crippen molar-refractivity contribution in [1.82, 2.24) is 4.98 Å². The van der Waals surface area contributed by atoms with Gasteiger partial charge in [0, 0.05) is 0 Å². The molecular weight excluding hydrogens is 253 g/mol. The summed E-state index contributed by atoms with van der Waals surface area (Å²) in [7, 11) is 0. The third-order valence-electron chi connectivity index (χ3n) is 1.53. The number of carbonyl (C=O) groups excluding carboxylic acids is 1. The standard InChI is InChI=1S/C9H9BrFNO2/c1-2-14-8(13)5-6-3-4-7(11)12-9(6)10/h3-4H,2,5H2,1H3. The van der Waals surface area contributed by atoms with Gasteiger partial charge in [-0.05, 0) is 34.5 Å². The van der Waals surface area contributed by atoms with Crippen LogP contribution in [-0.4, -0.2) is 17.6 Å². The monoisotopic (exact) mass is 261 g/mol. The Morgan fingerprint density at radius 2 is 2.36 bits per heavy atom. The number of pyridine rings is 1. The molecule has 0 aromatic carbocycles. The number of hydrogen-bond acceptors (Lipinski definition) is 3. The van der Waals surface area contributed by atoms with Gasteiger partial charge in [-0.25, -0.2) is 4.98 Å². The van der Waals surface area contributed by atoms with Crippen molar-refractivity contribution >= 4 is 21.9 Å². The fourth-order valence-electron chi connectivity index (χ4n) is 0.940. The van der Waals surface area contributed by atoms with Gasteiger partial charge in [-0.2, -0.15) is 4.39 Å². The zero-order valence-electron chi connectivity index (χ0n) is 7.59. The van der Waals surface area contributed by atoms with Crippen LogP contribution in [0.15, 0.2) is 16.7 Å². The molecule has 1 aromatic heterocycles. The SMILES string of the molecule is CCOC(=O)Cc1ccc(F)nc1Br. The maximum Gasteiger partial charge on any atom is 0.310 e. The molecule has 0 radical (unpaired) electrons. The number of carbonyl (C=O) groups is 1. The summed E-state index contributed by atoms with van der Waals surface area (Å²) >= 11 is 3.07. The van der Waals surface area contributed by atoms with E-state index in [1.54, 1.807) is 6.92 Å². The van der Waals surface area contributed by atoms with E-state index in [9.17, 15) is 9.18 Å². The van der Waals surface area contributed by atoms with Gasteiger partial charge in [-0.3, -0.25) is 4.79 Å². The van der Waals surface area contributed by atoms with E-state index in [1.165, 1.54) is 12.1 Å². The Kier molecular flexibility index (Phi) is 4.00.